The molecule has 1 heteroatoms. The van der Waals surface area contributed by atoms with Gasteiger partial charge in [-0.1, -0.05) is 78.6 Å². The van der Waals surface area contributed by atoms with E-state index >= 15 is 0 Å². The maximum Gasteiger partial charge on any atom is 0.135 e. The van der Waals surface area contributed by atoms with Crippen molar-refractivity contribution in [2.24, 2.45) is 0 Å². The zero-order chi connectivity index (χ0) is 17.9. The van der Waals surface area contributed by atoms with E-state index in [0.717, 1.165) is 39.3 Å². The van der Waals surface area contributed by atoms with Crippen molar-refractivity contribution in [2.75, 3.05) is 0 Å². The molecule has 1 aliphatic heterocycles. The van der Waals surface area contributed by atoms with E-state index in [1.54, 1.807) is 0 Å². The third-order valence-corrected chi connectivity index (χ3v) is 4.72. The summed E-state index contributed by atoms with van der Waals surface area (Å²) in [6.07, 6.45) is 0. The lowest BCUT2D eigenvalue weighted by atomic mass is 9.86. The van der Waals surface area contributed by atoms with Gasteiger partial charge in [-0.25, -0.2) is 0 Å². The smallest absolute Gasteiger partial charge is 0.135 e. The second-order valence-corrected chi connectivity index (χ2v) is 6.54. The van der Waals surface area contributed by atoms with Gasteiger partial charge in [-0.05, 0) is 37.1 Å². The average molecular weight is 336 g/mol. The Kier molecular flexibility index (Phi) is 4.33. The van der Waals surface area contributed by atoms with Gasteiger partial charge < -0.3 is 4.74 Å². The molecule has 3 aromatic rings. The molecule has 26 heavy (non-hydrogen) atoms. The molecule has 0 radical (unpaired) electrons. The summed E-state index contributed by atoms with van der Waals surface area (Å²) in [4.78, 5) is 0. The largest absolute Gasteiger partial charge is 0.456 e. The van der Waals surface area contributed by atoms with Gasteiger partial charge in [-0.3, -0.25) is 0 Å². The van der Waals surface area contributed by atoms with Gasteiger partial charge in [-0.2, -0.15) is 0 Å². The van der Waals surface area contributed by atoms with Crippen LogP contribution in [0.25, 0.3) is 5.76 Å². The summed E-state index contributed by atoms with van der Waals surface area (Å²) in [5.41, 5.74) is 5.55. The van der Waals surface area contributed by atoms with E-state index in [1.807, 2.05) is 48.5 Å². The van der Waals surface area contributed by atoms with Crippen LogP contribution in [0.2, 0.25) is 0 Å². The molecular formula is C25H20O. The van der Waals surface area contributed by atoms with Crippen molar-refractivity contribution >= 4 is 5.76 Å². The van der Waals surface area contributed by atoms with Gasteiger partial charge in [0.25, 0.3) is 0 Å². The van der Waals surface area contributed by atoms with Gasteiger partial charge in [0.05, 0.1) is 5.92 Å². The fraction of sp³-hybridized carbons (Fsp3) is 0.120. The number of fused-ring (bicyclic) bond motifs is 1. The topological polar surface area (TPSA) is 9.23 Å². The highest BCUT2D eigenvalue weighted by Crippen LogP contribution is 2.43. The van der Waals surface area contributed by atoms with E-state index in [2.05, 4.69) is 56.0 Å². The number of hydrogen-bond acceptors (Lipinski definition) is 1. The number of rotatable bonds is 1. The van der Waals surface area contributed by atoms with Crippen molar-refractivity contribution in [2.45, 2.75) is 19.8 Å². The van der Waals surface area contributed by atoms with E-state index in [1.165, 1.54) is 0 Å². The first-order valence-electron chi connectivity index (χ1n) is 8.84. The highest BCUT2D eigenvalue weighted by Gasteiger charge is 2.27. The minimum Gasteiger partial charge on any atom is -0.456 e. The predicted octanol–water partition coefficient (Wildman–Crippen LogP) is 5.95. The average Bonchev–Trinajstić information content (AvgIpc) is 2.69. The van der Waals surface area contributed by atoms with Gasteiger partial charge in [0, 0.05) is 16.7 Å². The quantitative estimate of drug-likeness (QED) is 0.499. The summed E-state index contributed by atoms with van der Waals surface area (Å²) in [5.74, 6) is 8.69. The second kappa shape index (κ2) is 6.94. The monoisotopic (exact) mass is 336 g/mol. The van der Waals surface area contributed by atoms with Crippen LogP contribution in [0.4, 0.5) is 0 Å². The molecule has 0 bridgehead atoms. The zero-order valence-electron chi connectivity index (χ0n) is 15.0. The maximum atomic E-state index is 6.36. The normalized spacial score (nSPS) is 15.5. The number of hydrogen-bond donors (Lipinski definition) is 0. The van der Waals surface area contributed by atoms with E-state index in [9.17, 15) is 0 Å². The zero-order valence-corrected chi connectivity index (χ0v) is 15.0. The molecule has 0 saturated heterocycles. The fourth-order valence-electron chi connectivity index (χ4n) is 3.33. The summed E-state index contributed by atoms with van der Waals surface area (Å²) in [6, 6.07) is 26.7. The summed E-state index contributed by atoms with van der Waals surface area (Å²) in [5, 5.41) is 0. The van der Waals surface area contributed by atoms with Crippen LogP contribution in [-0.4, -0.2) is 0 Å². The van der Waals surface area contributed by atoms with Crippen LogP contribution in [0.5, 0.6) is 5.75 Å². The maximum absolute atomic E-state index is 6.36. The first-order chi connectivity index (χ1) is 12.7. The van der Waals surface area contributed by atoms with Crippen molar-refractivity contribution in [3.05, 3.63) is 107 Å². The molecule has 4 rings (SSSR count). The van der Waals surface area contributed by atoms with Crippen LogP contribution in [0, 0.1) is 18.8 Å². The molecule has 1 aliphatic rings. The van der Waals surface area contributed by atoms with Crippen LogP contribution in [0.15, 0.2) is 84.4 Å². The molecule has 0 fully saturated rings. The minimum atomic E-state index is 0.0223. The lowest BCUT2D eigenvalue weighted by Crippen LogP contribution is -2.13. The molecule has 0 N–H and O–H groups in total. The highest BCUT2D eigenvalue weighted by molar-refractivity contribution is 5.72. The third-order valence-electron chi connectivity index (χ3n) is 4.72. The summed E-state index contributed by atoms with van der Waals surface area (Å²) in [7, 11) is 0. The Morgan fingerprint density at radius 3 is 2.19 bits per heavy atom. The van der Waals surface area contributed by atoms with Crippen molar-refractivity contribution in [1.29, 1.82) is 0 Å². The van der Waals surface area contributed by atoms with Crippen LogP contribution >= 0.6 is 0 Å². The molecule has 0 spiro atoms. The molecule has 1 heterocycles. The minimum absolute atomic E-state index is 0.0223. The fourth-order valence-corrected chi connectivity index (χ4v) is 3.33. The SMILES string of the molecule is CC1=C(c2ccccc2)Oc2c(C)cccc2C1C#Cc1ccccc1. The van der Waals surface area contributed by atoms with Crippen molar-refractivity contribution in [3.8, 4) is 17.6 Å². The van der Waals surface area contributed by atoms with Gasteiger partial charge in [0.15, 0.2) is 0 Å². The number of aryl methyl sites for hydroxylation is 1. The summed E-state index contributed by atoms with van der Waals surface area (Å²) in [6.45, 7) is 4.21. The second-order valence-electron chi connectivity index (χ2n) is 6.54. The Bertz CT molecular complexity index is 1020. The lowest BCUT2D eigenvalue weighted by molar-refractivity contribution is 0.483. The van der Waals surface area contributed by atoms with Crippen molar-refractivity contribution in [3.63, 3.8) is 0 Å². The summed E-state index contributed by atoms with van der Waals surface area (Å²) >= 11 is 0. The van der Waals surface area contributed by atoms with Gasteiger partial charge in [-0.15, -0.1) is 0 Å². The highest BCUT2D eigenvalue weighted by atomic mass is 16.5. The van der Waals surface area contributed by atoms with Crippen LogP contribution in [0.3, 0.4) is 0 Å². The van der Waals surface area contributed by atoms with Crippen molar-refractivity contribution < 1.29 is 4.74 Å². The Hall–Kier alpha value is -3.24. The van der Waals surface area contributed by atoms with Gasteiger partial charge >= 0.3 is 0 Å². The Labute approximate surface area is 155 Å². The third kappa shape index (κ3) is 3.03. The molecule has 0 saturated carbocycles. The van der Waals surface area contributed by atoms with Crippen LogP contribution < -0.4 is 4.74 Å². The molecule has 3 aromatic carbocycles. The lowest BCUT2D eigenvalue weighted by Gasteiger charge is -2.27. The van der Waals surface area contributed by atoms with Crippen LogP contribution in [-0.2, 0) is 0 Å². The molecule has 1 nitrogen and oxygen atoms in total. The summed E-state index contributed by atoms with van der Waals surface area (Å²) < 4.78 is 6.36. The number of para-hydroxylation sites is 1. The van der Waals surface area contributed by atoms with E-state index < -0.39 is 0 Å². The Morgan fingerprint density at radius 1 is 0.769 bits per heavy atom. The van der Waals surface area contributed by atoms with E-state index in [0.29, 0.717) is 0 Å². The molecule has 0 aromatic heterocycles. The van der Waals surface area contributed by atoms with E-state index in [-0.39, 0.29) is 5.92 Å². The first-order valence-corrected chi connectivity index (χ1v) is 8.84. The molecule has 0 aliphatic carbocycles. The standard InChI is InChI=1S/C25H20O/c1-18-10-9-15-23-22(17-16-20-11-5-3-6-12-20)19(2)25(26-24(18)23)21-13-7-4-8-14-21/h3-15,22H,1-2H3. The Balaban J connectivity index is 1.86. The molecule has 1 atom stereocenters. The molecule has 1 unspecified atom stereocenters. The van der Waals surface area contributed by atoms with Crippen molar-refractivity contribution in [1.82, 2.24) is 0 Å². The van der Waals surface area contributed by atoms with Gasteiger partial charge in [0.2, 0.25) is 0 Å². The Morgan fingerprint density at radius 2 is 1.46 bits per heavy atom. The number of ether oxygens (including phenoxy) is 1. The molecular weight excluding hydrogens is 316 g/mol. The number of benzene rings is 3. The predicted molar refractivity (Wildman–Crippen MR) is 107 cm³/mol. The first kappa shape index (κ1) is 16.2. The van der Waals surface area contributed by atoms with E-state index in [4.69, 9.17) is 4.74 Å². The van der Waals surface area contributed by atoms with Crippen LogP contribution in [0.1, 0.15) is 35.1 Å². The molecule has 126 valence electrons. The molecule has 0 amide bonds. The number of allylic oxidation sites excluding steroid dienone is 1. The van der Waals surface area contributed by atoms with Gasteiger partial charge in [0.1, 0.15) is 11.5 Å².